The fourth-order valence-corrected chi connectivity index (χ4v) is 2.62. The summed E-state index contributed by atoms with van der Waals surface area (Å²) in [5.41, 5.74) is 0.313. The number of rotatable bonds is 9. The van der Waals surface area contributed by atoms with Gasteiger partial charge in [-0.25, -0.2) is 4.98 Å². The SMILES string of the molecule is O=C(COC(=O)CCc1nc2ccccc2c(=O)[nH]1)NCCOc1ccccc1. The Balaban J connectivity index is 1.35. The molecule has 1 heterocycles. The van der Waals surface area contributed by atoms with E-state index in [4.69, 9.17) is 9.47 Å². The number of carbonyl (C=O) groups is 2. The maximum atomic E-state index is 12.0. The highest BCUT2D eigenvalue weighted by molar-refractivity contribution is 5.80. The fourth-order valence-electron chi connectivity index (χ4n) is 2.62. The van der Waals surface area contributed by atoms with Gasteiger partial charge in [0, 0.05) is 6.42 Å². The number of benzene rings is 2. The molecule has 2 aromatic carbocycles. The third-order valence-corrected chi connectivity index (χ3v) is 4.03. The lowest BCUT2D eigenvalue weighted by atomic mass is 10.2. The van der Waals surface area contributed by atoms with Crippen LogP contribution in [0.4, 0.5) is 0 Å². The minimum Gasteiger partial charge on any atom is -0.492 e. The molecule has 0 saturated heterocycles. The smallest absolute Gasteiger partial charge is 0.306 e. The maximum absolute atomic E-state index is 12.0. The number of aromatic amines is 1. The number of fused-ring (bicyclic) bond motifs is 1. The largest absolute Gasteiger partial charge is 0.492 e. The fraction of sp³-hybridized carbons (Fsp3) is 0.238. The number of amides is 1. The van der Waals surface area contributed by atoms with Gasteiger partial charge in [-0.3, -0.25) is 14.4 Å². The molecule has 0 aliphatic rings. The lowest BCUT2D eigenvalue weighted by molar-refractivity contribution is -0.148. The van der Waals surface area contributed by atoms with E-state index in [2.05, 4.69) is 15.3 Å². The van der Waals surface area contributed by atoms with Crippen LogP contribution in [0.3, 0.4) is 0 Å². The van der Waals surface area contributed by atoms with Gasteiger partial charge in [-0.2, -0.15) is 0 Å². The van der Waals surface area contributed by atoms with Crippen LogP contribution >= 0.6 is 0 Å². The van der Waals surface area contributed by atoms with E-state index in [1.54, 1.807) is 24.3 Å². The predicted molar refractivity (Wildman–Crippen MR) is 107 cm³/mol. The standard InChI is InChI=1S/C21H21N3O5/c25-19(22-12-13-28-15-6-2-1-3-7-15)14-29-20(26)11-10-18-23-17-9-5-4-8-16(17)21(27)24-18/h1-9H,10-14H2,(H,22,25)(H,23,24,27). The van der Waals surface area contributed by atoms with Gasteiger partial charge in [-0.05, 0) is 24.3 Å². The van der Waals surface area contributed by atoms with Crippen molar-refractivity contribution in [1.29, 1.82) is 0 Å². The highest BCUT2D eigenvalue weighted by atomic mass is 16.5. The molecule has 0 atom stereocenters. The molecule has 0 unspecified atom stereocenters. The van der Waals surface area contributed by atoms with E-state index in [1.807, 2.05) is 30.3 Å². The molecule has 29 heavy (non-hydrogen) atoms. The number of aryl methyl sites for hydroxylation is 1. The zero-order chi connectivity index (χ0) is 20.5. The molecule has 0 saturated carbocycles. The number of para-hydroxylation sites is 2. The summed E-state index contributed by atoms with van der Waals surface area (Å²) in [6.07, 6.45) is 0.219. The van der Waals surface area contributed by atoms with Crippen LogP contribution in [0.25, 0.3) is 10.9 Å². The van der Waals surface area contributed by atoms with E-state index in [0.29, 0.717) is 35.6 Å². The summed E-state index contributed by atoms with van der Waals surface area (Å²) in [7, 11) is 0. The van der Waals surface area contributed by atoms with Gasteiger partial charge < -0.3 is 19.8 Å². The average molecular weight is 395 g/mol. The van der Waals surface area contributed by atoms with Gasteiger partial charge in [0.05, 0.1) is 23.9 Å². The maximum Gasteiger partial charge on any atom is 0.306 e. The van der Waals surface area contributed by atoms with Gasteiger partial charge in [0.1, 0.15) is 18.2 Å². The van der Waals surface area contributed by atoms with Crippen LogP contribution in [-0.2, 0) is 20.7 Å². The molecule has 0 aliphatic carbocycles. The number of esters is 1. The minimum absolute atomic E-state index is 0.00563. The Labute approximate surface area is 166 Å². The number of nitrogens with zero attached hydrogens (tertiary/aromatic N) is 1. The topological polar surface area (TPSA) is 110 Å². The van der Waals surface area contributed by atoms with Gasteiger partial charge in [-0.15, -0.1) is 0 Å². The van der Waals surface area contributed by atoms with Gasteiger partial charge >= 0.3 is 5.97 Å². The van der Waals surface area contributed by atoms with Crippen molar-refractivity contribution in [3.05, 3.63) is 70.8 Å². The van der Waals surface area contributed by atoms with E-state index >= 15 is 0 Å². The third-order valence-electron chi connectivity index (χ3n) is 4.03. The van der Waals surface area contributed by atoms with E-state index in [9.17, 15) is 14.4 Å². The number of nitrogens with one attached hydrogen (secondary N) is 2. The molecule has 2 N–H and O–H groups in total. The predicted octanol–water partition coefficient (Wildman–Crippen LogP) is 1.59. The molecular formula is C21H21N3O5. The normalized spacial score (nSPS) is 10.5. The lowest BCUT2D eigenvalue weighted by Gasteiger charge is -2.08. The quantitative estimate of drug-likeness (QED) is 0.421. The van der Waals surface area contributed by atoms with E-state index in [-0.39, 0.29) is 25.0 Å². The van der Waals surface area contributed by atoms with Crippen LogP contribution < -0.4 is 15.6 Å². The average Bonchev–Trinajstić information content (AvgIpc) is 2.74. The molecule has 1 amide bonds. The van der Waals surface area contributed by atoms with E-state index < -0.39 is 11.9 Å². The summed E-state index contributed by atoms with van der Waals surface area (Å²) in [5, 5.41) is 3.10. The molecule has 3 aromatic rings. The number of hydrogen-bond acceptors (Lipinski definition) is 6. The first-order valence-corrected chi connectivity index (χ1v) is 9.20. The van der Waals surface area contributed by atoms with Crippen molar-refractivity contribution < 1.29 is 19.1 Å². The van der Waals surface area contributed by atoms with Gasteiger partial charge in [-0.1, -0.05) is 30.3 Å². The third kappa shape index (κ3) is 6.17. The Morgan fingerprint density at radius 3 is 2.62 bits per heavy atom. The summed E-state index contributed by atoms with van der Waals surface area (Å²) in [5.74, 6) is 0.158. The Kier molecular flexibility index (Phi) is 6.94. The van der Waals surface area contributed by atoms with Crippen LogP contribution in [0.5, 0.6) is 5.75 Å². The highest BCUT2D eigenvalue weighted by Gasteiger charge is 2.10. The molecular weight excluding hydrogens is 374 g/mol. The van der Waals surface area contributed by atoms with Crippen molar-refractivity contribution in [3.8, 4) is 5.75 Å². The molecule has 0 fully saturated rings. The van der Waals surface area contributed by atoms with Crippen LogP contribution in [0.1, 0.15) is 12.2 Å². The van der Waals surface area contributed by atoms with Gasteiger partial charge in [0.15, 0.2) is 6.61 Å². The van der Waals surface area contributed by atoms with Crippen molar-refractivity contribution in [2.45, 2.75) is 12.8 Å². The minimum atomic E-state index is -0.545. The van der Waals surface area contributed by atoms with Crippen molar-refractivity contribution in [2.24, 2.45) is 0 Å². The lowest BCUT2D eigenvalue weighted by Crippen LogP contribution is -2.32. The molecule has 8 heteroatoms. The first-order valence-electron chi connectivity index (χ1n) is 9.20. The second-order valence-corrected chi connectivity index (χ2v) is 6.20. The van der Waals surface area contributed by atoms with Gasteiger partial charge in [0.25, 0.3) is 11.5 Å². The van der Waals surface area contributed by atoms with Gasteiger partial charge in [0.2, 0.25) is 0 Å². The van der Waals surface area contributed by atoms with Crippen molar-refractivity contribution >= 4 is 22.8 Å². The zero-order valence-corrected chi connectivity index (χ0v) is 15.7. The summed E-state index contributed by atoms with van der Waals surface area (Å²) in [6.45, 7) is 0.240. The van der Waals surface area contributed by atoms with Crippen molar-refractivity contribution in [1.82, 2.24) is 15.3 Å². The molecule has 0 bridgehead atoms. The molecule has 8 nitrogen and oxygen atoms in total. The number of ether oxygens (including phenoxy) is 2. The molecule has 3 rings (SSSR count). The van der Waals surface area contributed by atoms with Crippen LogP contribution in [-0.4, -0.2) is 41.6 Å². The van der Waals surface area contributed by atoms with Crippen molar-refractivity contribution in [2.75, 3.05) is 19.8 Å². The van der Waals surface area contributed by atoms with Crippen LogP contribution in [0.15, 0.2) is 59.4 Å². The Morgan fingerprint density at radius 1 is 1.03 bits per heavy atom. The number of carbonyl (C=O) groups excluding carboxylic acids is 2. The Hall–Kier alpha value is -3.68. The van der Waals surface area contributed by atoms with Crippen LogP contribution in [0, 0.1) is 0 Å². The molecule has 1 aromatic heterocycles. The van der Waals surface area contributed by atoms with E-state index in [0.717, 1.165) is 0 Å². The number of aromatic nitrogens is 2. The van der Waals surface area contributed by atoms with E-state index in [1.165, 1.54) is 0 Å². The summed E-state index contributed by atoms with van der Waals surface area (Å²) in [4.78, 5) is 42.5. The monoisotopic (exact) mass is 395 g/mol. The van der Waals surface area contributed by atoms with Crippen molar-refractivity contribution in [3.63, 3.8) is 0 Å². The first-order chi connectivity index (χ1) is 14.1. The molecule has 0 spiro atoms. The van der Waals surface area contributed by atoms with Crippen LogP contribution in [0.2, 0.25) is 0 Å². The summed E-state index contributed by atoms with van der Waals surface area (Å²) < 4.78 is 10.4. The zero-order valence-electron chi connectivity index (χ0n) is 15.7. The number of H-pyrrole nitrogens is 1. The molecule has 150 valence electrons. The summed E-state index contributed by atoms with van der Waals surface area (Å²) >= 11 is 0. The molecule has 0 radical (unpaired) electrons. The first kappa shape index (κ1) is 20.1. The molecule has 0 aliphatic heterocycles. The second-order valence-electron chi connectivity index (χ2n) is 6.20. The number of hydrogen-bond donors (Lipinski definition) is 2. The Morgan fingerprint density at radius 2 is 1.79 bits per heavy atom. The second kappa shape index (κ2) is 10.0. The summed E-state index contributed by atoms with van der Waals surface area (Å²) in [6, 6.07) is 16.2. The highest BCUT2D eigenvalue weighted by Crippen LogP contribution is 2.08. The Bertz CT molecular complexity index is 1030.